The molecule has 0 unspecified atom stereocenters. The quantitative estimate of drug-likeness (QED) is 0.554. The van der Waals surface area contributed by atoms with Gasteiger partial charge in [-0.15, -0.1) is 0 Å². The van der Waals surface area contributed by atoms with Crippen LogP contribution in [0, 0.1) is 0 Å². The van der Waals surface area contributed by atoms with Gasteiger partial charge < -0.3 is 19.7 Å². The fraction of sp³-hybridized carbons (Fsp3) is 0.333. The molecule has 0 atom stereocenters. The first-order chi connectivity index (χ1) is 13.9. The highest BCUT2D eigenvalue weighted by Gasteiger charge is 2.19. The van der Waals surface area contributed by atoms with Gasteiger partial charge >= 0.3 is 0 Å². The fourth-order valence-corrected chi connectivity index (χ4v) is 3.08. The number of nitrogens with one attached hydrogen (secondary N) is 1. The lowest BCUT2D eigenvalue weighted by Crippen LogP contribution is -2.38. The third kappa shape index (κ3) is 7.24. The summed E-state index contributed by atoms with van der Waals surface area (Å²) in [4.78, 5) is 26.9. The lowest BCUT2D eigenvalue weighted by atomic mass is 10.1. The Morgan fingerprint density at radius 3 is 2.59 bits per heavy atom. The molecule has 0 aromatic heterocycles. The van der Waals surface area contributed by atoms with Crippen LogP contribution >= 0.6 is 23.2 Å². The number of ether oxygens (including phenoxy) is 2. The Labute approximate surface area is 180 Å². The summed E-state index contributed by atoms with van der Waals surface area (Å²) in [6.07, 6.45) is 0.713. The average Bonchev–Trinajstić information content (AvgIpc) is 2.70. The van der Waals surface area contributed by atoms with E-state index in [2.05, 4.69) is 5.32 Å². The van der Waals surface area contributed by atoms with Crippen LogP contribution < -0.4 is 10.1 Å². The molecule has 1 N–H and O–H groups in total. The molecule has 2 amide bonds. The van der Waals surface area contributed by atoms with E-state index in [4.69, 9.17) is 32.7 Å². The Morgan fingerprint density at radius 2 is 1.90 bits per heavy atom. The van der Waals surface area contributed by atoms with Crippen LogP contribution in [-0.4, -0.2) is 50.1 Å². The van der Waals surface area contributed by atoms with Crippen LogP contribution in [0.3, 0.4) is 0 Å². The fourth-order valence-electron chi connectivity index (χ4n) is 2.62. The van der Waals surface area contributed by atoms with Crippen LogP contribution in [0.15, 0.2) is 42.5 Å². The predicted octanol–water partition coefficient (Wildman–Crippen LogP) is 4.51. The Kier molecular flexibility index (Phi) is 9.25. The van der Waals surface area contributed by atoms with E-state index >= 15 is 0 Å². The molecule has 0 aliphatic heterocycles. The van der Waals surface area contributed by atoms with Crippen molar-refractivity contribution in [2.45, 2.75) is 13.3 Å². The lowest BCUT2D eigenvalue weighted by Gasteiger charge is -2.22. The number of hydrogen-bond donors (Lipinski definition) is 1. The first kappa shape index (κ1) is 23.0. The van der Waals surface area contributed by atoms with Crippen molar-refractivity contribution in [2.24, 2.45) is 0 Å². The van der Waals surface area contributed by atoms with Crippen molar-refractivity contribution in [3.8, 4) is 5.75 Å². The Morgan fingerprint density at radius 1 is 1.10 bits per heavy atom. The predicted molar refractivity (Wildman–Crippen MR) is 115 cm³/mol. The van der Waals surface area contributed by atoms with Crippen LogP contribution in [0.5, 0.6) is 5.75 Å². The summed E-state index contributed by atoms with van der Waals surface area (Å²) in [5.74, 6) is -0.0216. The Balaban J connectivity index is 2.06. The highest BCUT2D eigenvalue weighted by atomic mass is 35.5. The van der Waals surface area contributed by atoms with Gasteiger partial charge in [0.15, 0.2) is 0 Å². The maximum atomic E-state index is 12.9. The Hall–Kier alpha value is -2.28. The van der Waals surface area contributed by atoms with Gasteiger partial charge in [-0.05, 0) is 42.8 Å². The van der Waals surface area contributed by atoms with Gasteiger partial charge in [0.2, 0.25) is 5.91 Å². The van der Waals surface area contributed by atoms with Crippen molar-refractivity contribution >= 4 is 40.7 Å². The van der Waals surface area contributed by atoms with Gasteiger partial charge in [-0.1, -0.05) is 36.2 Å². The zero-order chi connectivity index (χ0) is 21.2. The third-order valence-corrected chi connectivity index (χ3v) is 4.51. The van der Waals surface area contributed by atoms with E-state index in [0.29, 0.717) is 53.2 Å². The number of carbonyl (C=O) groups excluding carboxylic acids is 2. The zero-order valence-corrected chi connectivity index (χ0v) is 17.9. The molecule has 8 heteroatoms. The van der Waals surface area contributed by atoms with Crippen molar-refractivity contribution in [2.75, 3.05) is 38.7 Å². The van der Waals surface area contributed by atoms with Gasteiger partial charge in [-0.3, -0.25) is 9.59 Å². The number of halogens is 2. The van der Waals surface area contributed by atoms with Crippen molar-refractivity contribution in [1.29, 1.82) is 0 Å². The second-order valence-electron chi connectivity index (χ2n) is 6.27. The molecular formula is C21H24Cl2N2O4. The molecule has 0 fully saturated rings. The van der Waals surface area contributed by atoms with Crippen molar-refractivity contribution < 1.29 is 19.1 Å². The van der Waals surface area contributed by atoms with Crippen molar-refractivity contribution in [3.63, 3.8) is 0 Å². The number of rotatable bonds is 10. The minimum atomic E-state index is -0.344. The third-order valence-electron chi connectivity index (χ3n) is 3.96. The molecule has 0 aliphatic rings. The van der Waals surface area contributed by atoms with Crippen LogP contribution in [0.1, 0.15) is 23.7 Å². The molecule has 2 aromatic rings. The van der Waals surface area contributed by atoms with E-state index < -0.39 is 0 Å². The summed E-state index contributed by atoms with van der Waals surface area (Å²) in [7, 11) is 1.59. The molecule has 2 aromatic carbocycles. The van der Waals surface area contributed by atoms with Gasteiger partial charge in [-0.2, -0.15) is 0 Å². The molecule has 2 rings (SSSR count). The van der Waals surface area contributed by atoms with Gasteiger partial charge in [0.25, 0.3) is 5.91 Å². The largest absolute Gasteiger partial charge is 0.491 e. The topological polar surface area (TPSA) is 67.9 Å². The maximum Gasteiger partial charge on any atom is 0.254 e. The number of hydrogen-bond acceptors (Lipinski definition) is 4. The molecule has 0 spiro atoms. The smallest absolute Gasteiger partial charge is 0.254 e. The highest BCUT2D eigenvalue weighted by Crippen LogP contribution is 2.25. The van der Waals surface area contributed by atoms with E-state index in [0.717, 1.165) is 0 Å². The molecule has 0 bridgehead atoms. The highest BCUT2D eigenvalue weighted by molar-refractivity contribution is 6.36. The van der Waals surface area contributed by atoms with Crippen LogP contribution in [0.25, 0.3) is 0 Å². The van der Waals surface area contributed by atoms with E-state index in [1.165, 1.54) is 4.90 Å². The molecule has 0 saturated heterocycles. The average molecular weight is 439 g/mol. The normalized spacial score (nSPS) is 10.5. The second-order valence-corrected chi connectivity index (χ2v) is 7.11. The Bertz CT molecular complexity index is 845. The van der Waals surface area contributed by atoms with Crippen LogP contribution in [-0.2, 0) is 9.53 Å². The zero-order valence-electron chi connectivity index (χ0n) is 16.4. The lowest BCUT2D eigenvalue weighted by molar-refractivity contribution is -0.116. The van der Waals surface area contributed by atoms with E-state index in [1.807, 2.05) is 6.92 Å². The summed E-state index contributed by atoms with van der Waals surface area (Å²) in [6, 6.07) is 11.7. The number of methoxy groups -OCH3 is 1. The summed E-state index contributed by atoms with van der Waals surface area (Å²) in [5.41, 5.74) is 0.893. The molecule has 156 valence electrons. The summed E-state index contributed by atoms with van der Waals surface area (Å²) >= 11 is 12.0. The van der Waals surface area contributed by atoms with Crippen LogP contribution in [0.2, 0.25) is 10.0 Å². The van der Waals surface area contributed by atoms with E-state index in [-0.39, 0.29) is 18.4 Å². The molecule has 0 saturated carbocycles. The van der Waals surface area contributed by atoms with Crippen molar-refractivity contribution in [1.82, 2.24) is 4.90 Å². The molecule has 0 radical (unpaired) electrons. The van der Waals surface area contributed by atoms with Gasteiger partial charge in [0.1, 0.15) is 18.9 Å². The monoisotopic (exact) mass is 438 g/mol. The summed E-state index contributed by atoms with van der Waals surface area (Å²) in [5, 5.41) is 3.53. The number of amides is 2. The maximum absolute atomic E-state index is 12.9. The van der Waals surface area contributed by atoms with Gasteiger partial charge in [-0.25, -0.2) is 0 Å². The van der Waals surface area contributed by atoms with Crippen LogP contribution in [0.4, 0.5) is 5.69 Å². The number of benzene rings is 2. The minimum absolute atomic E-state index is 0.0968. The van der Waals surface area contributed by atoms with E-state index in [1.54, 1.807) is 49.6 Å². The minimum Gasteiger partial charge on any atom is -0.491 e. The molecule has 0 heterocycles. The summed E-state index contributed by atoms with van der Waals surface area (Å²) in [6.45, 7) is 3.12. The SMILES string of the molecule is CCCN(CC(=O)Nc1ccc(Cl)cc1Cl)C(=O)c1cccc(OCCOC)c1. The molecule has 29 heavy (non-hydrogen) atoms. The van der Waals surface area contributed by atoms with Gasteiger partial charge in [0, 0.05) is 24.2 Å². The molecular weight excluding hydrogens is 415 g/mol. The first-order valence-electron chi connectivity index (χ1n) is 9.20. The number of carbonyl (C=O) groups is 2. The number of anilines is 1. The molecule has 0 aliphatic carbocycles. The number of nitrogens with zero attached hydrogens (tertiary/aromatic N) is 1. The second kappa shape index (κ2) is 11.7. The van der Waals surface area contributed by atoms with Gasteiger partial charge in [0.05, 0.1) is 17.3 Å². The first-order valence-corrected chi connectivity index (χ1v) is 9.96. The van der Waals surface area contributed by atoms with E-state index in [9.17, 15) is 9.59 Å². The standard InChI is InChI=1S/C21H24Cl2N2O4/c1-3-9-25(14-20(26)24-19-8-7-16(22)13-18(19)23)21(27)15-5-4-6-17(12-15)29-11-10-28-2/h4-8,12-13H,3,9-11,14H2,1-2H3,(H,24,26). The molecule has 6 nitrogen and oxygen atoms in total. The summed E-state index contributed by atoms with van der Waals surface area (Å²) < 4.78 is 10.5. The van der Waals surface area contributed by atoms with Crippen molar-refractivity contribution in [3.05, 3.63) is 58.1 Å².